The summed E-state index contributed by atoms with van der Waals surface area (Å²) >= 11 is 6.59. The molecule has 3 aliphatic rings. The minimum atomic E-state index is -3.19. The molecule has 1 atom stereocenters. The smallest absolute Gasteiger partial charge is 0.267 e. The molecule has 11 heteroatoms. The number of piperidine rings is 1. The number of amides is 1. The predicted octanol–water partition coefficient (Wildman–Crippen LogP) is 3.54. The van der Waals surface area contributed by atoms with E-state index < -0.39 is 15.9 Å². The highest BCUT2D eigenvalue weighted by Gasteiger charge is 2.42. The second-order valence-corrected chi connectivity index (χ2v) is 14.2. The Labute approximate surface area is 236 Å². The molecule has 0 spiro atoms. The van der Waals surface area contributed by atoms with Gasteiger partial charge in [0.15, 0.2) is 9.84 Å². The number of sulfone groups is 1. The lowest BCUT2D eigenvalue weighted by Gasteiger charge is -2.33. The minimum Gasteiger partial charge on any atom is -0.356 e. The average molecular weight is 581 g/mol. The first kappa shape index (κ1) is 26.2. The largest absolute Gasteiger partial charge is 0.356 e. The van der Waals surface area contributed by atoms with Crippen molar-refractivity contribution in [1.82, 2.24) is 14.3 Å². The molecule has 0 aliphatic carbocycles. The Bertz CT molecular complexity index is 1640. The van der Waals surface area contributed by atoms with Crippen LogP contribution < -0.4 is 10.5 Å². The number of carbonyl (C=O) groups excluding carboxylic acids is 1. The van der Waals surface area contributed by atoms with Crippen molar-refractivity contribution in [1.29, 1.82) is 0 Å². The number of fused-ring (bicyclic) bond motifs is 1. The topological polar surface area (TPSA) is 92.1 Å². The van der Waals surface area contributed by atoms with Gasteiger partial charge in [0, 0.05) is 19.3 Å². The van der Waals surface area contributed by atoms with Gasteiger partial charge in [-0.3, -0.25) is 18.9 Å². The second-order valence-electron chi connectivity index (χ2n) is 10.3. The van der Waals surface area contributed by atoms with Gasteiger partial charge >= 0.3 is 0 Å². The molecule has 3 aromatic rings. The first-order valence-electron chi connectivity index (χ1n) is 13.1. The Morgan fingerprint density at radius 2 is 1.77 bits per heavy atom. The molecule has 0 radical (unpaired) electrons. The number of hydrogen-bond donors (Lipinski definition) is 0. The number of nitrogens with zero attached hydrogens (tertiary/aromatic N) is 4. The molecular weight excluding hydrogens is 553 g/mol. The standard InChI is InChI=1S/C28H28N4O4S3/c33-26-22(17-23-27(34)32(28(37)38-23)21-11-15-39(35,36)18-21)25(29-24-8-4-5-12-31(24)26)30-13-9-20(10-14-30)16-19-6-2-1-3-7-19/h1-8,12,17,20-21H,9-11,13-16,18H2/b23-17+. The molecule has 0 saturated carbocycles. The summed E-state index contributed by atoms with van der Waals surface area (Å²) in [4.78, 5) is 35.9. The number of aromatic nitrogens is 2. The Kier molecular flexibility index (Phi) is 7.07. The highest BCUT2D eigenvalue weighted by atomic mass is 32.2. The van der Waals surface area contributed by atoms with Gasteiger partial charge in [-0.1, -0.05) is 60.4 Å². The molecule has 8 nitrogen and oxygen atoms in total. The molecule has 3 aliphatic heterocycles. The fourth-order valence-corrected chi connectivity index (χ4v) is 8.74. The molecule has 6 rings (SSSR count). The van der Waals surface area contributed by atoms with Crippen LogP contribution in [0, 0.1) is 5.92 Å². The Morgan fingerprint density at radius 1 is 1.03 bits per heavy atom. The summed E-state index contributed by atoms with van der Waals surface area (Å²) in [6.07, 6.45) is 6.61. The van der Waals surface area contributed by atoms with E-state index in [1.54, 1.807) is 24.4 Å². The van der Waals surface area contributed by atoms with Crippen molar-refractivity contribution in [2.24, 2.45) is 5.92 Å². The molecule has 1 unspecified atom stereocenters. The van der Waals surface area contributed by atoms with Gasteiger partial charge in [0.05, 0.1) is 28.0 Å². The van der Waals surface area contributed by atoms with Gasteiger partial charge in [0.25, 0.3) is 11.5 Å². The van der Waals surface area contributed by atoms with Crippen molar-refractivity contribution >= 4 is 61.6 Å². The third-order valence-corrected chi connectivity index (χ3v) is 10.8. The van der Waals surface area contributed by atoms with E-state index in [4.69, 9.17) is 17.2 Å². The predicted molar refractivity (Wildman–Crippen MR) is 159 cm³/mol. The van der Waals surface area contributed by atoms with E-state index in [1.165, 1.54) is 14.9 Å². The molecule has 1 aromatic carbocycles. The van der Waals surface area contributed by atoms with Crippen molar-refractivity contribution in [3.8, 4) is 0 Å². The summed E-state index contributed by atoms with van der Waals surface area (Å²) in [6, 6.07) is 15.4. The van der Waals surface area contributed by atoms with E-state index in [0.29, 0.717) is 38.6 Å². The molecule has 0 bridgehead atoms. The molecule has 0 N–H and O–H groups in total. The monoisotopic (exact) mass is 580 g/mol. The SMILES string of the molecule is O=C1/C(=C\c2c(N3CCC(Cc4ccccc4)CC3)nc3ccccn3c2=O)SC(=S)N1C1CCS(=O)(=O)C1. The van der Waals surface area contributed by atoms with Crippen LogP contribution in [0.1, 0.15) is 30.4 Å². The van der Waals surface area contributed by atoms with Crippen molar-refractivity contribution < 1.29 is 13.2 Å². The molecule has 3 fully saturated rings. The first-order valence-corrected chi connectivity index (χ1v) is 16.1. The van der Waals surface area contributed by atoms with Gasteiger partial charge < -0.3 is 4.90 Å². The van der Waals surface area contributed by atoms with E-state index >= 15 is 0 Å². The number of rotatable bonds is 5. The highest BCUT2D eigenvalue weighted by Crippen LogP contribution is 2.37. The number of hydrogen-bond acceptors (Lipinski definition) is 8. The lowest BCUT2D eigenvalue weighted by Crippen LogP contribution is -2.39. The molecule has 5 heterocycles. The van der Waals surface area contributed by atoms with Crippen molar-refractivity contribution in [3.63, 3.8) is 0 Å². The second kappa shape index (κ2) is 10.5. The molecule has 3 saturated heterocycles. The van der Waals surface area contributed by atoms with E-state index in [-0.39, 0.29) is 23.0 Å². The summed E-state index contributed by atoms with van der Waals surface area (Å²) in [5.74, 6) is 0.729. The average Bonchev–Trinajstić information content (AvgIpc) is 3.43. The van der Waals surface area contributed by atoms with E-state index in [0.717, 1.165) is 44.1 Å². The van der Waals surface area contributed by atoms with Crippen LogP contribution in [0.15, 0.2) is 64.4 Å². The minimum absolute atomic E-state index is 0.0497. The number of thiocarbonyl (C=S) groups is 1. The van der Waals surface area contributed by atoms with Crippen LogP contribution in [0.2, 0.25) is 0 Å². The number of benzene rings is 1. The van der Waals surface area contributed by atoms with Crippen LogP contribution in [0.3, 0.4) is 0 Å². The Hall–Kier alpha value is -3.02. The molecule has 1 amide bonds. The third-order valence-electron chi connectivity index (χ3n) is 7.70. The van der Waals surface area contributed by atoms with E-state index in [2.05, 4.69) is 29.2 Å². The quantitative estimate of drug-likeness (QED) is 0.334. The van der Waals surface area contributed by atoms with Gasteiger partial charge in [-0.05, 0) is 55.4 Å². The van der Waals surface area contributed by atoms with Gasteiger partial charge in [-0.25, -0.2) is 13.4 Å². The van der Waals surface area contributed by atoms with Crippen LogP contribution in [0.25, 0.3) is 11.7 Å². The molecular formula is C28H28N4O4S3. The number of pyridine rings is 1. The number of thioether (sulfide) groups is 1. The molecule has 2 aromatic heterocycles. The zero-order valence-corrected chi connectivity index (χ0v) is 23.7. The van der Waals surface area contributed by atoms with Gasteiger partial charge in [-0.2, -0.15) is 0 Å². The van der Waals surface area contributed by atoms with Crippen molar-refractivity contribution in [2.75, 3.05) is 29.5 Å². The zero-order chi connectivity index (χ0) is 27.1. The van der Waals surface area contributed by atoms with Crippen LogP contribution >= 0.6 is 24.0 Å². The normalized spacial score (nSPS) is 22.9. The lowest BCUT2D eigenvalue weighted by atomic mass is 9.90. The Balaban J connectivity index is 1.31. The fourth-order valence-electron chi connectivity index (χ4n) is 5.66. The van der Waals surface area contributed by atoms with Crippen molar-refractivity contribution in [2.45, 2.75) is 31.7 Å². The van der Waals surface area contributed by atoms with Gasteiger partial charge in [-0.15, -0.1) is 0 Å². The highest BCUT2D eigenvalue weighted by molar-refractivity contribution is 8.26. The fraction of sp³-hybridized carbons (Fsp3) is 0.357. The Morgan fingerprint density at radius 3 is 2.49 bits per heavy atom. The van der Waals surface area contributed by atoms with Crippen molar-refractivity contribution in [3.05, 3.63) is 81.1 Å². The van der Waals surface area contributed by atoms with Crippen LogP contribution in [-0.4, -0.2) is 63.6 Å². The van der Waals surface area contributed by atoms with E-state index in [1.807, 2.05) is 12.1 Å². The third kappa shape index (κ3) is 5.27. The number of anilines is 1. The maximum absolute atomic E-state index is 13.7. The maximum atomic E-state index is 13.7. The molecule has 202 valence electrons. The summed E-state index contributed by atoms with van der Waals surface area (Å²) in [5.41, 5.74) is 1.97. The number of carbonyl (C=O) groups is 1. The van der Waals surface area contributed by atoms with Gasteiger partial charge in [0.2, 0.25) is 0 Å². The summed E-state index contributed by atoms with van der Waals surface area (Å²) < 4.78 is 25.9. The van der Waals surface area contributed by atoms with Crippen LogP contribution in [0.5, 0.6) is 0 Å². The lowest BCUT2D eigenvalue weighted by molar-refractivity contribution is -0.123. The summed E-state index contributed by atoms with van der Waals surface area (Å²) in [6.45, 7) is 1.52. The zero-order valence-electron chi connectivity index (χ0n) is 21.2. The van der Waals surface area contributed by atoms with Crippen LogP contribution in [0.4, 0.5) is 5.82 Å². The summed E-state index contributed by atoms with van der Waals surface area (Å²) in [7, 11) is -3.19. The molecule has 39 heavy (non-hydrogen) atoms. The maximum Gasteiger partial charge on any atom is 0.267 e. The van der Waals surface area contributed by atoms with Crippen LogP contribution in [-0.2, 0) is 21.1 Å². The van der Waals surface area contributed by atoms with E-state index in [9.17, 15) is 18.0 Å². The van der Waals surface area contributed by atoms with Gasteiger partial charge in [0.1, 0.15) is 15.8 Å². The first-order chi connectivity index (χ1) is 18.8. The summed E-state index contributed by atoms with van der Waals surface area (Å²) in [5, 5.41) is 0.